The average Bonchev–Trinajstić information content (AvgIpc) is 2.88. The summed E-state index contributed by atoms with van der Waals surface area (Å²) in [6.45, 7) is 1.45. The van der Waals surface area contributed by atoms with Crippen LogP contribution in [-0.2, 0) is 11.3 Å². The van der Waals surface area contributed by atoms with E-state index >= 15 is 0 Å². The van der Waals surface area contributed by atoms with Crippen LogP contribution >= 0.6 is 27.3 Å². The van der Waals surface area contributed by atoms with Crippen molar-refractivity contribution in [3.05, 3.63) is 38.5 Å². The summed E-state index contributed by atoms with van der Waals surface area (Å²) in [5.41, 5.74) is 3.77. The molecule has 15 heavy (non-hydrogen) atoms. The predicted molar refractivity (Wildman–Crippen MR) is 62.1 cm³/mol. The molecule has 5 heteroatoms. The Labute approximate surface area is 99.6 Å². The normalized spacial score (nSPS) is 20.2. The summed E-state index contributed by atoms with van der Waals surface area (Å²) in [6.07, 6.45) is 3.58. The van der Waals surface area contributed by atoms with Crippen molar-refractivity contribution < 1.29 is 4.74 Å². The second-order valence-corrected chi connectivity index (χ2v) is 5.72. The number of nitrogens with zero attached hydrogens (tertiary/aromatic N) is 1. The Morgan fingerprint density at radius 1 is 1.60 bits per heavy atom. The summed E-state index contributed by atoms with van der Waals surface area (Å²) < 4.78 is 6.78. The van der Waals surface area contributed by atoms with Gasteiger partial charge in [0, 0.05) is 17.5 Å². The summed E-state index contributed by atoms with van der Waals surface area (Å²) in [7, 11) is 0. The fourth-order valence-corrected chi connectivity index (χ4v) is 3.37. The minimum Gasteiger partial charge on any atom is -0.376 e. The fraction of sp³-hybridized carbons (Fsp3) is 0.300. The Balaban J connectivity index is 2.07. The molecule has 0 saturated carbocycles. The lowest BCUT2D eigenvalue weighted by atomic mass is 9.95. The van der Waals surface area contributed by atoms with Crippen molar-refractivity contribution in [3.63, 3.8) is 0 Å². The molecule has 3 heterocycles. The van der Waals surface area contributed by atoms with Crippen molar-refractivity contribution in [3.8, 4) is 0 Å². The van der Waals surface area contributed by atoms with Crippen molar-refractivity contribution >= 4 is 27.3 Å². The second-order valence-electron chi connectivity index (χ2n) is 3.52. The monoisotopic (exact) mass is 284 g/mol. The maximum Gasteiger partial charge on any atom is 0.0921 e. The zero-order chi connectivity index (χ0) is 10.3. The van der Waals surface area contributed by atoms with Gasteiger partial charge in [-0.3, -0.25) is 0 Å². The molecule has 2 aromatic heterocycles. The summed E-state index contributed by atoms with van der Waals surface area (Å²) in [6, 6.07) is 0. The molecule has 1 unspecified atom stereocenters. The van der Waals surface area contributed by atoms with Crippen LogP contribution in [0.15, 0.2) is 21.7 Å². The number of imidazole rings is 1. The van der Waals surface area contributed by atoms with Crippen molar-refractivity contribution in [2.75, 3.05) is 6.61 Å². The average molecular weight is 285 g/mol. The first kappa shape index (κ1) is 9.57. The smallest absolute Gasteiger partial charge is 0.0921 e. The number of aromatic amines is 1. The molecule has 1 aliphatic rings. The lowest BCUT2D eigenvalue weighted by Gasteiger charge is -2.22. The second kappa shape index (κ2) is 3.73. The van der Waals surface area contributed by atoms with Gasteiger partial charge in [0.1, 0.15) is 0 Å². The van der Waals surface area contributed by atoms with Gasteiger partial charge in [-0.2, -0.15) is 0 Å². The van der Waals surface area contributed by atoms with Gasteiger partial charge in [-0.25, -0.2) is 4.98 Å². The molecule has 1 N–H and O–H groups in total. The summed E-state index contributed by atoms with van der Waals surface area (Å²) in [5, 5.41) is 2.20. The topological polar surface area (TPSA) is 37.9 Å². The van der Waals surface area contributed by atoms with Gasteiger partial charge in [-0.15, -0.1) is 11.3 Å². The van der Waals surface area contributed by atoms with Crippen molar-refractivity contribution in [1.29, 1.82) is 0 Å². The molecule has 0 bridgehead atoms. The molecule has 3 rings (SSSR count). The largest absolute Gasteiger partial charge is 0.376 e. The van der Waals surface area contributed by atoms with Crippen molar-refractivity contribution in [2.24, 2.45) is 0 Å². The Morgan fingerprint density at radius 2 is 2.53 bits per heavy atom. The highest BCUT2D eigenvalue weighted by atomic mass is 79.9. The van der Waals surface area contributed by atoms with E-state index in [-0.39, 0.29) is 0 Å². The van der Waals surface area contributed by atoms with Crippen LogP contribution in [-0.4, -0.2) is 16.6 Å². The van der Waals surface area contributed by atoms with E-state index in [0.717, 1.165) is 12.3 Å². The molecule has 0 amide bonds. The first-order valence-corrected chi connectivity index (χ1v) is 6.35. The first-order valence-electron chi connectivity index (χ1n) is 4.68. The molecule has 1 aliphatic heterocycles. The maximum absolute atomic E-state index is 5.60. The molecule has 0 spiro atoms. The highest BCUT2D eigenvalue weighted by Gasteiger charge is 2.26. The molecule has 78 valence electrons. The van der Waals surface area contributed by atoms with E-state index in [1.807, 2.05) is 6.20 Å². The van der Waals surface area contributed by atoms with Gasteiger partial charge in [0.25, 0.3) is 0 Å². The third kappa shape index (κ3) is 1.55. The summed E-state index contributed by atoms with van der Waals surface area (Å²) >= 11 is 5.28. The number of ether oxygens (including phenoxy) is 1. The van der Waals surface area contributed by atoms with E-state index in [9.17, 15) is 0 Å². The van der Waals surface area contributed by atoms with Crippen molar-refractivity contribution in [1.82, 2.24) is 9.97 Å². The molecule has 1 atom stereocenters. The van der Waals surface area contributed by atoms with Crippen LogP contribution in [0, 0.1) is 0 Å². The quantitative estimate of drug-likeness (QED) is 0.874. The van der Waals surface area contributed by atoms with Crippen LogP contribution in [0.4, 0.5) is 0 Å². The Hall–Kier alpha value is -0.650. The number of hydrogen-bond acceptors (Lipinski definition) is 3. The molecule has 0 fully saturated rings. The zero-order valence-corrected chi connectivity index (χ0v) is 10.3. The van der Waals surface area contributed by atoms with Crippen LogP contribution in [0.25, 0.3) is 0 Å². The molecule has 3 nitrogen and oxygen atoms in total. The Kier molecular flexibility index (Phi) is 2.38. The summed E-state index contributed by atoms with van der Waals surface area (Å²) in [5.74, 6) is 0.304. The van der Waals surface area contributed by atoms with Gasteiger partial charge in [-0.1, -0.05) is 0 Å². The molecule has 2 aromatic rings. The van der Waals surface area contributed by atoms with Crippen LogP contribution in [0.5, 0.6) is 0 Å². The number of hydrogen-bond donors (Lipinski definition) is 1. The lowest BCUT2D eigenvalue weighted by Crippen LogP contribution is -2.16. The Bertz CT molecular complexity index is 466. The maximum atomic E-state index is 5.60. The van der Waals surface area contributed by atoms with Crippen LogP contribution in [0.3, 0.4) is 0 Å². The number of rotatable bonds is 1. The number of thiophene rings is 1. The Morgan fingerprint density at radius 3 is 3.33 bits per heavy atom. The van der Waals surface area contributed by atoms with Crippen molar-refractivity contribution in [2.45, 2.75) is 12.5 Å². The van der Waals surface area contributed by atoms with Gasteiger partial charge >= 0.3 is 0 Å². The number of aromatic nitrogens is 2. The highest BCUT2D eigenvalue weighted by Crippen LogP contribution is 2.38. The third-order valence-corrected chi connectivity index (χ3v) is 4.54. The fourth-order valence-electron chi connectivity index (χ4n) is 1.89. The molecular formula is C10H9BrN2OS. The number of nitrogens with one attached hydrogen (secondary N) is 1. The van der Waals surface area contributed by atoms with E-state index in [1.165, 1.54) is 14.9 Å². The van der Waals surface area contributed by atoms with Crippen LogP contribution < -0.4 is 0 Å². The van der Waals surface area contributed by atoms with E-state index < -0.39 is 0 Å². The van der Waals surface area contributed by atoms with E-state index in [2.05, 4.69) is 31.3 Å². The van der Waals surface area contributed by atoms with Gasteiger partial charge < -0.3 is 9.72 Å². The number of fused-ring (bicyclic) bond motifs is 1. The van der Waals surface area contributed by atoms with Gasteiger partial charge in [-0.05, 0) is 26.9 Å². The number of H-pyrrole nitrogens is 1. The van der Waals surface area contributed by atoms with Gasteiger partial charge in [0.05, 0.1) is 29.2 Å². The number of halogens is 1. The minimum absolute atomic E-state index is 0.304. The highest BCUT2D eigenvalue weighted by molar-refractivity contribution is 9.11. The standard InChI is InChI=1S/C10H9BrN2OS/c11-10-7-3-14-2-6(8(7)4-15-10)9-1-12-5-13-9/h1,4-6H,2-3H2,(H,12,13). The van der Waals surface area contributed by atoms with Crippen LogP contribution in [0.2, 0.25) is 0 Å². The zero-order valence-electron chi connectivity index (χ0n) is 7.87. The molecule has 0 aromatic carbocycles. The lowest BCUT2D eigenvalue weighted by molar-refractivity contribution is 0.0988. The molecule has 0 saturated heterocycles. The van der Waals surface area contributed by atoms with E-state index in [0.29, 0.717) is 12.5 Å². The first-order chi connectivity index (χ1) is 7.36. The summed E-state index contributed by atoms with van der Waals surface area (Å²) in [4.78, 5) is 7.21. The van der Waals surface area contributed by atoms with Crippen LogP contribution in [0.1, 0.15) is 22.7 Å². The molecule has 0 aliphatic carbocycles. The molecule has 0 radical (unpaired) electrons. The van der Waals surface area contributed by atoms with Gasteiger partial charge in [0.2, 0.25) is 0 Å². The van der Waals surface area contributed by atoms with E-state index in [4.69, 9.17) is 4.74 Å². The minimum atomic E-state index is 0.304. The predicted octanol–water partition coefficient (Wildman–Crippen LogP) is 2.90. The van der Waals surface area contributed by atoms with E-state index in [1.54, 1.807) is 17.7 Å². The van der Waals surface area contributed by atoms with Gasteiger partial charge in [0.15, 0.2) is 0 Å². The third-order valence-electron chi connectivity index (χ3n) is 2.68. The molecular weight excluding hydrogens is 276 g/mol. The SMILES string of the molecule is Brc1scc2c1COCC2c1cnc[nH]1.